The minimum atomic E-state index is -2.03. The second-order valence-corrected chi connectivity index (χ2v) is 30.7. The van der Waals surface area contributed by atoms with E-state index in [4.69, 9.17) is 23.1 Å². The largest absolute Gasteiger partial charge is 0.493 e. The first-order valence-corrected chi connectivity index (χ1v) is 30.2. The molecule has 0 spiro atoms. The molecule has 3 aromatic carbocycles. The Morgan fingerprint density at radius 1 is 0.662 bits per heavy atom. The predicted octanol–water partition coefficient (Wildman–Crippen LogP) is 15.2. The third-order valence-corrected chi connectivity index (χ3v) is 22.4. The molecule has 0 aromatic heterocycles. The lowest BCUT2D eigenvalue weighted by atomic mass is 9.90. The Hall–Kier alpha value is -3.77. The van der Waals surface area contributed by atoms with E-state index in [1.165, 1.54) is 41.5 Å². The van der Waals surface area contributed by atoms with Crippen LogP contribution in [0.2, 0.25) is 36.3 Å². The normalized spacial score (nSPS) is 12.7. The van der Waals surface area contributed by atoms with Crippen molar-refractivity contribution in [1.82, 2.24) is 0 Å². The number of benzene rings is 3. The molecule has 0 heterocycles. The van der Waals surface area contributed by atoms with Crippen molar-refractivity contribution in [3.05, 3.63) is 94.6 Å². The molecule has 0 aliphatic carbocycles. The van der Waals surface area contributed by atoms with Crippen molar-refractivity contribution in [1.29, 1.82) is 0 Å². The second-order valence-electron chi connectivity index (χ2n) is 21.1. The average molecular weight is 927 g/mol. The molecule has 0 atom stereocenters. The quantitative estimate of drug-likeness (QED) is 0.0343. The van der Waals surface area contributed by atoms with Gasteiger partial charge in [0.25, 0.3) is 0 Å². The first-order valence-electron chi connectivity index (χ1n) is 24.4. The Morgan fingerprint density at radius 2 is 1.25 bits per heavy atom. The van der Waals surface area contributed by atoms with Gasteiger partial charge in [0.1, 0.15) is 5.75 Å². The fraction of sp³-hybridized carbons (Fsp3) is 0.571. The molecule has 0 saturated carbocycles. The van der Waals surface area contributed by atoms with Gasteiger partial charge in [0.2, 0.25) is 0 Å². The molecule has 65 heavy (non-hydrogen) atoms. The number of unbranched alkanes of at least 4 members (excludes halogenated alkanes) is 2. The third kappa shape index (κ3) is 17.1. The lowest BCUT2D eigenvalue weighted by Crippen LogP contribution is -2.44. The maximum absolute atomic E-state index is 13.3. The summed E-state index contributed by atoms with van der Waals surface area (Å²) in [7, 11) is -4.06. The highest BCUT2D eigenvalue weighted by atomic mass is 28.4. The van der Waals surface area contributed by atoms with Crippen LogP contribution in [0.15, 0.2) is 72.3 Å². The summed E-state index contributed by atoms with van der Waals surface area (Å²) in [6.45, 7) is 38.7. The third-order valence-electron chi connectivity index (χ3n) is 13.4. The second kappa shape index (κ2) is 25.4. The lowest BCUT2D eigenvalue weighted by molar-refractivity contribution is -0.139. The zero-order valence-corrected chi connectivity index (χ0v) is 45.3. The Balaban J connectivity index is 2.14. The van der Waals surface area contributed by atoms with Crippen molar-refractivity contribution in [2.24, 2.45) is 5.92 Å². The van der Waals surface area contributed by atoms with Gasteiger partial charge < -0.3 is 23.1 Å². The summed E-state index contributed by atoms with van der Waals surface area (Å²) in [5, 5.41) is 0.163. The molecule has 0 amide bonds. The van der Waals surface area contributed by atoms with Gasteiger partial charge in [0.15, 0.2) is 16.6 Å². The van der Waals surface area contributed by atoms with Crippen LogP contribution in [0.25, 0.3) is 28.3 Å². The van der Waals surface area contributed by atoms with Crippen LogP contribution < -0.4 is 4.74 Å². The molecular formula is C56H86O7Si2. The minimum Gasteiger partial charge on any atom is -0.493 e. The standard InChI is InChI=1S/C56H86O7Si2/c1-17-20-21-23-43-25-27-46(28-26-43)47-29-30-51(45(19-3)36-47)49-37-48(24-22-33-61-53(57)41(4)5)52(50(38-49)35-42(6)54(58)60-32-18-2)59-34-31-44(39-62-64(13,14)55(7,8)9)40-63-65(15,16)56(10,11)12/h25-30,35-38,44H,4,17-24,31-34,39-40H2,1-3,5-16H3. The molecule has 7 nitrogen and oxygen atoms in total. The van der Waals surface area contributed by atoms with Gasteiger partial charge in [-0.25, -0.2) is 9.59 Å². The zero-order chi connectivity index (χ0) is 48.6. The van der Waals surface area contributed by atoms with Crippen molar-refractivity contribution < 1.29 is 32.7 Å². The van der Waals surface area contributed by atoms with Crippen molar-refractivity contribution >= 4 is 34.6 Å². The van der Waals surface area contributed by atoms with Gasteiger partial charge in [0.05, 0.1) is 19.8 Å². The van der Waals surface area contributed by atoms with Crippen LogP contribution in [0.4, 0.5) is 0 Å². The number of esters is 2. The molecule has 0 N–H and O–H groups in total. The molecule has 0 saturated heterocycles. The summed E-state index contributed by atoms with van der Waals surface area (Å²) in [6.07, 6.45) is 10.2. The Labute approximate surface area is 397 Å². The van der Waals surface area contributed by atoms with Gasteiger partial charge in [-0.2, -0.15) is 0 Å². The molecule has 0 bridgehead atoms. The number of hydrogen-bond acceptors (Lipinski definition) is 7. The maximum atomic E-state index is 13.3. The van der Waals surface area contributed by atoms with E-state index in [0.29, 0.717) is 56.2 Å². The summed E-state index contributed by atoms with van der Waals surface area (Å²) < 4.78 is 31.7. The SMILES string of the molecule is C=C(C)C(=O)OCCCc1cc(-c2ccc(-c3ccc(CCCCC)cc3)cc2CC)cc(C=C(C)C(=O)OCCC)c1OCCC(CO[Si](C)(C)C(C)(C)C)CO[Si](C)(C)C(C)(C)C. The van der Waals surface area contributed by atoms with Crippen molar-refractivity contribution in [2.75, 3.05) is 33.0 Å². The molecule has 3 aromatic rings. The highest BCUT2D eigenvalue weighted by Gasteiger charge is 2.39. The summed E-state index contributed by atoms with van der Waals surface area (Å²) in [5.74, 6) is 0.0858. The van der Waals surface area contributed by atoms with E-state index in [2.05, 4.69) is 143 Å². The van der Waals surface area contributed by atoms with Gasteiger partial charge in [0, 0.05) is 35.8 Å². The molecule has 0 unspecified atom stereocenters. The number of carbonyl (C=O) groups excluding carboxylic acids is 2. The molecule has 3 rings (SSSR count). The van der Waals surface area contributed by atoms with Crippen LogP contribution in [-0.4, -0.2) is 61.6 Å². The zero-order valence-electron chi connectivity index (χ0n) is 43.3. The van der Waals surface area contributed by atoms with Crippen LogP contribution in [0.3, 0.4) is 0 Å². The van der Waals surface area contributed by atoms with Crippen LogP contribution in [0.1, 0.15) is 137 Å². The molecule has 0 fully saturated rings. The fourth-order valence-electron chi connectivity index (χ4n) is 6.91. The van der Waals surface area contributed by atoms with E-state index in [-0.39, 0.29) is 28.6 Å². The van der Waals surface area contributed by atoms with E-state index in [1.54, 1.807) is 13.8 Å². The van der Waals surface area contributed by atoms with E-state index in [0.717, 1.165) is 47.9 Å². The van der Waals surface area contributed by atoms with Crippen LogP contribution >= 0.6 is 0 Å². The van der Waals surface area contributed by atoms with Crippen molar-refractivity contribution in [2.45, 2.75) is 170 Å². The smallest absolute Gasteiger partial charge is 0.333 e. The lowest BCUT2D eigenvalue weighted by Gasteiger charge is -2.39. The number of aryl methyl sites for hydroxylation is 3. The molecule has 0 radical (unpaired) electrons. The Morgan fingerprint density at radius 3 is 1.80 bits per heavy atom. The van der Waals surface area contributed by atoms with E-state index >= 15 is 0 Å². The molecule has 0 aliphatic heterocycles. The fourth-order valence-corrected chi connectivity index (χ4v) is 9.08. The van der Waals surface area contributed by atoms with E-state index in [1.807, 2.05) is 13.0 Å². The van der Waals surface area contributed by atoms with Gasteiger partial charge in [-0.05, 0) is 152 Å². The van der Waals surface area contributed by atoms with Gasteiger partial charge in [-0.3, -0.25) is 0 Å². The summed E-state index contributed by atoms with van der Waals surface area (Å²) >= 11 is 0. The van der Waals surface area contributed by atoms with Crippen molar-refractivity contribution in [3.63, 3.8) is 0 Å². The van der Waals surface area contributed by atoms with Gasteiger partial charge in [-0.1, -0.05) is 124 Å². The van der Waals surface area contributed by atoms with E-state index in [9.17, 15) is 9.59 Å². The minimum absolute atomic E-state index is 0.0815. The number of rotatable bonds is 26. The van der Waals surface area contributed by atoms with Gasteiger partial charge >= 0.3 is 11.9 Å². The highest BCUT2D eigenvalue weighted by molar-refractivity contribution is 6.74. The topological polar surface area (TPSA) is 80.3 Å². The summed E-state index contributed by atoms with van der Waals surface area (Å²) in [4.78, 5) is 25.7. The number of carbonyl (C=O) groups is 2. The predicted molar refractivity (Wildman–Crippen MR) is 279 cm³/mol. The maximum Gasteiger partial charge on any atom is 0.333 e. The summed E-state index contributed by atoms with van der Waals surface area (Å²) in [5.41, 5.74) is 9.80. The molecule has 9 heteroatoms. The van der Waals surface area contributed by atoms with Crippen LogP contribution in [0, 0.1) is 5.92 Å². The number of hydrogen-bond donors (Lipinski definition) is 0. The Kier molecular flexibility index (Phi) is 21.7. The molecular weight excluding hydrogens is 841 g/mol. The first-order chi connectivity index (χ1) is 30.4. The van der Waals surface area contributed by atoms with Crippen LogP contribution in [-0.2, 0) is 47.2 Å². The van der Waals surface area contributed by atoms with Gasteiger partial charge in [-0.15, -0.1) is 0 Å². The molecule has 0 aliphatic rings. The van der Waals surface area contributed by atoms with E-state index < -0.39 is 22.6 Å². The van der Waals surface area contributed by atoms with Crippen molar-refractivity contribution in [3.8, 4) is 28.0 Å². The number of ether oxygens (including phenoxy) is 3. The monoisotopic (exact) mass is 927 g/mol. The average Bonchev–Trinajstić information content (AvgIpc) is 3.24. The Bertz CT molecular complexity index is 2000. The van der Waals surface area contributed by atoms with Crippen LogP contribution in [0.5, 0.6) is 5.75 Å². The first kappa shape index (κ1) is 55.6. The highest BCUT2D eigenvalue weighted by Crippen LogP contribution is 2.40. The molecule has 360 valence electrons. The summed E-state index contributed by atoms with van der Waals surface area (Å²) in [6, 6.07) is 20.1.